The molecule has 0 spiro atoms. The Hall–Kier alpha value is -2.40. The van der Waals surface area contributed by atoms with Gasteiger partial charge in [-0.05, 0) is 31.5 Å². The molecule has 3 rings (SSSR count). The van der Waals surface area contributed by atoms with Crippen LogP contribution in [0.4, 0.5) is 5.82 Å². The molecular formula is C21H28N4O. The van der Waals surface area contributed by atoms with Crippen LogP contribution in [-0.2, 0) is 11.3 Å². The summed E-state index contributed by atoms with van der Waals surface area (Å²) in [5.41, 5.74) is 1.18. The van der Waals surface area contributed by atoms with Crippen molar-refractivity contribution in [2.24, 2.45) is 0 Å². The molecule has 0 radical (unpaired) electrons. The fraction of sp³-hybridized carbons (Fsp3) is 0.429. The molecular weight excluding hydrogens is 324 g/mol. The predicted octanol–water partition coefficient (Wildman–Crippen LogP) is 2.64. The van der Waals surface area contributed by atoms with Crippen LogP contribution in [0.3, 0.4) is 0 Å². The number of hydrogen-bond donors (Lipinski definition) is 0. The first-order valence-corrected chi connectivity index (χ1v) is 9.35. The van der Waals surface area contributed by atoms with Crippen LogP contribution < -0.4 is 4.90 Å². The van der Waals surface area contributed by atoms with E-state index in [2.05, 4.69) is 40.8 Å². The Balaban J connectivity index is 1.53. The summed E-state index contributed by atoms with van der Waals surface area (Å²) in [6.07, 6.45) is 1.83. The van der Waals surface area contributed by atoms with Crippen LogP contribution in [0.15, 0.2) is 54.7 Å². The number of benzene rings is 1. The van der Waals surface area contributed by atoms with E-state index in [0.717, 1.165) is 32.0 Å². The lowest BCUT2D eigenvalue weighted by molar-refractivity contribution is -0.134. The van der Waals surface area contributed by atoms with E-state index in [1.165, 1.54) is 5.56 Å². The van der Waals surface area contributed by atoms with Gasteiger partial charge in [0.25, 0.3) is 0 Å². The molecule has 1 saturated heterocycles. The molecule has 5 nitrogen and oxygen atoms in total. The first kappa shape index (κ1) is 18.4. The van der Waals surface area contributed by atoms with Gasteiger partial charge >= 0.3 is 0 Å². The van der Waals surface area contributed by atoms with E-state index in [0.29, 0.717) is 13.1 Å². The van der Waals surface area contributed by atoms with E-state index < -0.39 is 0 Å². The third kappa shape index (κ3) is 4.82. The molecule has 0 atom stereocenters. The molecule has 2 aromatic rings. The maximum Gasteiger partial charge on any atom is 0.237 e. The van der Waals surface area contributed by atoms with Crippen LogP contribution in [-0.4, -0.2) is 59.5 Å². The largest absolute Gasteiger partial charge is 0.354 e. The van der Waals surface area contributed by atoms with E-state index in [4.69, 9.17) is 0 Å². The van der Waals surface area contributed by atoms with E-state index in [-0.39, 0.29) is 11.9 Å². The zero-order chi connectivity index (χ0) is 18.4. The van der Waals surface area contributed by atoms with E-state index in [1.54, 1.807) is 0 Å². The van der Waals surface area contributed by atoms with Gasteiger partial charge in [-0.2, -0.15) is 0 Å². The van der Waals surface area contributed by atoms with Crippen molar-refractivity contribution in [3.8, 4) is 0 Å². The van der Waals surface area contributed by atoms with Crippen molar-refractivity contribution < 1.29 is 4.79 Å². The summed E-state index contributed by atoms with van der Waals surface area (Å²) in [4.78, 5) is 23.8. The summed E-state index contributed by atoms with van der Waals surface area (Å²) in [6, 6.07) is 16.4. The smallest absolute Gasteiger partial charge is 0.237 e. The van der Waals surface area contributed by atoms with Gasteiger partial charge in [0, 0.05) is 45.0 Å². The van der Waals surface area contributed by atoms with Gasteiger partial charge in [0.15, 0.2) is 0 Å². The van der Waals surface area contributed by atoms with Crippen molar-refractivity contribution in [2.45, 2.75) is 26.4 Å². The highest BCUT2D eigenvalue weighted by molar-refractivity contribution is 5.78. The van der Waals surface area contributed by atoms with Crippen LogP contribution in [0.2, 0.25) is 0 Å². The number of carbonyl (C=O) groups excluding carboxylic acids is 1. The van der Waals surface area contributed by atoms with Gasteiger partial charge in [-0.25, -0.2) is 4.98 Å². The van der Waals surface area contributed by atoms with Crippen LogP contribution >= 0.6 is 0 Å². The minimum Gasteiger partial charge on any atom is -0.354 e. The topological polar surface area (TPSA) is 39.7 Å². The van der Waals surface area contributed by atoms with Gasteiger partial charge in [-0.15, -0.1) is 0 Å². The fourth-order valence-electron chi connectivity index (χ4n) is 3.30. The van der Waals surface area contributed by atoms with Gasteiger partial charge in [0.1, 0.15) is 5.82 Å². The maximum atomic E-state index is 12.9. The second-order valence-corrected chi connectivity index (χ2v) is 7.05. The number of aromatic nitrogens is 1. The predicted molar refractivity (Wildman–Crippen MR) is 105 cm³/mol. The average molecular weight is 352 g/mol. The second kappa shape index (κ2) is 8.81. The molecule has 1 amide bonds. The lowest BCUT2D eigenvalue weighted by Gasteiger charge is -2.36. The number of anilines is 1. The zero-order valence-corrected chi connectivity index (χ0v) is 15.7. The van der Waals surface area contributed by atoms with Crippen molar-refractivity contribution in [2.75, 3.05) is 37.6 Å². The Bertz CT molecular complexity index is 682. The van der Waals surface area contributed by atoms with Crippen molar-refractivity contribution in [3.05, 3.63) is 60.3 Å². The molecule has 1 fully saturated rings. The summed E-state index contributed by atoms with van der Waals surface area (Å²) in [5.74, 6) is 1.22. The summed E-state index contributed by atoms with van der Waals surface area (Å²) in [6.45, 7) is 8.92. The van der Waals surface area contributed by atoms with Crippen LogP contribution in [0.1, 0.15) is 19.4 Å². The highest BCUT2D eigenvalue weighted by atomic mass is 16.2. The third-order valence-electron chi connectivity index (χ3n) is 4.84. The van der Waals surface area contributed by atoms with Crippen molar-refractivity contribution in [3.63, 3.8) is 0 Å². The molecule has 0 N–H and O–H groups in total. The summed E-state index contributed by atoms with van der Waals surface area (Å²) in [7, 11) is 0. The minimum absolute atomic E-state index is 0.192. The Morgan fingerprint density at radius 2 is 1.73 bits per heavy atom. The highest BCUT2D eigenvalue weighted by Gasteiger charge is 2.23. The van der Waals surface area contributed by atoms with Gasteiger partial charge in [0.05, 0.1) is 6.54 Å². The Labute approximate surface area is 156 Å². The maximum absolute atomic E-state index is 12.9. The second-order valence-electron chi connectivity index (χ2n) is 7.05. The van der Waals surface area contributed by atoms with Crippen molar-refractivity contribution in [1.82, 2.24) is 14.8 Å². The summed E-state index contributed by atoms with van der Waals surface area (Å²) in [5, 5.41) is 0. The number of piperazine rings is 1. The van der Waals surface area contributed by atoms with Crippen molar-refractivity contribution >= 4 is 11.7 Å². The number of hydrogen-bond acceptors (Lipinski definition) is 4. The molecule has 26 heavy (non-hydrogen) atoms. The quantitative estimate of drug-likeness (QED) is 0.801. The Morgan fingerprint density at radius 3 is 2.35 bits per heavy atom. The van der Waals surface area contributed by atoms with Crippen LogP contribution in [0.5, 0.6) is 0 Å². The molecule has 0 saturated carbocycles. The molecule has 5 heteroatoms. The zero-order valence-electron chi connectivity index (χ0n) is 15.7. The summed E-state index contributed by atoms with van der Waals surface area (Å²) >= 11 is 0. The third-order valence-corrected chi connectivity index (χ3v) is 4.84. The molecule has 2 heterocycles. The number of amides is 1. The molecule has 0 aliphatic carbocycles. The molecule has 0 unspecified atom stereocenters. The number of nitrogens with zero attached hydrogens (tertiary/aromatic N) is 4. The molecule has 1 aliphatic rings. The van der Waals surface area contributed by atoms with Gasteiger partial charge in [-0.1, -0.05) is 36.4 Å². The lowest BCUT2D eigenvalue weighted by atomic mass is 10.2. The molecule has 1 aliphatic heterocycles. The van der Waals surface area contributed by atoms with Gasteiger partial charge < -0.3 is 9.80 Å². The molecule has 0 bridgehead atoms. The monoisotopic (exact) mass is 352 g/mol. The fourth-order valence-corrected chi connectivity index (χ4v) is 3.30. The standard InChI is InChI=1S/C21H28N4O/c1-18(2)25(16-19-8-4-3-5-9-19)21(26)17-23-12-14-24(15-13-23)20-10-6-7-11-22-20/h3-11,18H,12-17H2,1-2H3. The van der Waals surface area contributed by atoms with E-state index in [9.17, 15) is 4.79 Å². The normalized spacial score (nSPS) is 15.3. The Kier molecular flexibility index (Phi) is 6.23. The van der Waals surface area contributed by atoms with Gasteiger partial charge in [0.2, 0.25) is 5.91 Å². The first-order chi connectivity index (χ1) is 12.6. The highest BCUT2D eigenvalue weighted by Crippen LogP contribution is 2.14. The number of pyridine rings is 1. The van der Waals surface area contributed by atoms with Crippen LogP contribution in [0, 0.1) is 0 Å². The SMILES string of the molecule is CC(C)N(Cc1ccccc1)C(=O)CN1CCN(c2ccccn2)CC1. The lowest BCUT2D eigenvalue weighted by Crippen LogP contribution is -2.51. The summed E-state index contributed by atoms with van der Waals surface area (Å²) < 4.78 is 0. The minimum atomic E-state index is 0.192. The first-order valence-electron chi connectivity index (χ1n) is 9.35. The van der Waals surface area contributed by atoms with Gasteiger partial charge in [-0.3, -0.25) is 9.69 Å². The van der Waals surface area contributed by atoms with E-state index >= 15 is 0 Å². The number of rotatable bonds is 6. The molecule has 1 aromatic carbocycles. The molecule has 138 valence electrons. The van der Waals surface area contributed by atoms with E-state index in [1.807, 2.05) is 47.5 Å². The number of carbonyl (C=O) groups is 1. The Morgan fingerprint density at radius 1 is 1.04 bits per heavy atom. The van der Waals surface area contributed by atoms with Crippen LogP contribution in [0.25, 0.3) is 0 Å². The molecule has 1 aromatic heterocycles. The van der Waals surface area contributed by atoms with Crippen molar-refractivity contribution in [1.29, 1.82) is 0 Å². The average Bonchev–Trinajstić information content (AvgIpc) is 2.68.